The lowest BCUT2D eigenvalue weighted by Gasteiger charge is -2.04. The number of aromatic nitrogens is 1. The van der Waals surface area contributed by atoms with Crippen molar-refractivity contribution in [3.05, 3.63) is 69.6 Å². The van der Waals surface area contributed by atoms with Crippen molar-refractivity contribution >= 4 is 43.5 Å². The second kappa shape index (κ2) is 7.77. The molecule has 1 N–H and O–H groups in total. The molecule has 0 unspecified atom stereocenters. The Kier molecular flexibility index (Phi) is 5.48. The predicted molar refractivity (Wildman–Crippen MR) is 101 cm³/mol. The van der Waals surface area contributed by atoms with Crippen molar-refractivity contribution in [1.29, 1.82) is 0 Å². The normalized spacial score (nSPS) is 10.6. The molecule has 0 saturated heterocycles. The number of aryl methyl sites for hydroxylation is 1. The van der Waals surface area contributed by atoms with Crippen LogP contribution in [0, 0.1) is 0 Å². The molecule has 0 aliphatic carbocycles. The number of carbonyl (C=O) groups excluding carboxylic acids is 1. The molecule has 0 saturated carbocycles. The molecular formula is C18H14Br2N2O2. The summed E-state index contributed by atoms with van der Waals surface area (Å²) < 4.78 is 7.65. The number of halogens is 2. The third-order valence-corrected chi connectivity index (χ3v) is 4.38. The summed E-state index contributed by atoms with van der Waals surface area (Å²) in [6.07, 6.45) is 2.45. The van der Waals surface area contributed by atoms with Crippen molar-refractivity contribution in [1.82, 2.24) is 4.98 Å². The van der Waals surface area contributed by atoms with Crippen LogP contribution in [0.4, 0.5) is 5.69 Å². The van der Waals surface area contributed by atoms with E-state index in [-0.39, 0.29) is 5.91 Å². The maximum atomic E-state index is 12.0. The van der Waals surface area contributed by atoms with Crippen LogP contribution >= 0.6 is 31.9 Å². The molecule has 0 fully saturated rings. The van der Waals surface area contributed by atoms with Gasteiger partial charge in [0.15, 0.2) is 11.7 Å². The van der Waals surface area contributed by atoms with Crippen molar-refractivity contribution in [2.45, 2.75) is 12.8 Å². The standard InChI is InChI=1S/C18H14Br2N2O2/c19-13-6-4-12(5-7-13)16-11-21-18(24-16)9-8-17(23)22-15-3-1-2-14(20)10-15/h1-7,10-11H,8-9H2,(H,22,23). The summed E-state index contributed by atoms with van der Waals surface area (Å²) in [5.74, 6) is 1.18. The van der Waals surface area contributed by atoms with Crippen LogP contribution < -0.4 is 5.32 Å². The maximum Gasteiger partial charge on any atom is 0.224 e. The van der Waals surface area contributed by atoms with E-state index in [9.17, 15) is 4.79 Å². The Labute approximate surface area is 156 Å². The SMILES string of the molecule is O=C(CCc1ncc(-c2ccc(Br)cc2)o1)Nc1cccc(Br)c1. The van der Waals surface area contributed by atoms with Crippen molar-refractivity contribution in [3.63, 3.8) is 0 Å². The molecule has 0 atom stereocenters. The Bertz CT molecular complexity index is 844. The van der Waals surface area contributed by atoms with Gasteiger partial charge in [0, 0.05) is 33.0 Å². The molecule has 2 aromatic carbocycles. The van der Waals surface area contributed by atoms with Crippen molar-refractivity contribution in [2.24, 2.45) is 0 Å². The molecule has 3 aromatic rings. The summed E-state index contributed by atoms with van der Waals surface area (Å²) in [5, 5.41) is 2.85. The van der Waals surface area contributed by atoms with Gasteiger partial charge in [0.2, 0.25) is 5.91 Å². The van der Waals surface area contributed by atoms with Crippen molar-refractivity contribution in [3.8, 4) is 11.3 Å². The molecular weight excluding hydrogens is 436 g/mol. The van der Waals surface area contributed by atoms with Gasteiger partial charge in [-0.1, -0.05) is 50.1 Å². The van der Waals surface area contributed by atoms with Crippen LogP contribution in [0.2, 0.25) is 0 Å². The smallest absolute Gasteiger partial charge is 0.224 e. The van der Waals surface area contributed by atoms with Gasteiger partial charge in [0.25, 0.3) is 0 Å². The molecule has 3 rings (SSSR count). The lowest BCUT2D eigenvalue weighted by Crippen LogP contribution is -2.12. The van der Waals surface area contributed by atoms with E-state index < -0.39 is 0 Å². The number of carbonyl (C=O) groups is 1. The summed E-state index contributed by atoms with van der Waals surface area (Å²) in [6, 6.07) is 15.3. The summed E-state index contributed by atoms with van der Waals surface area (Å²) in [6.45, 7) is 0. The van der Waals surface area contributed by atoms with Crippen LogP contribution in [-0.2, 0) is 11.2 Å². The molecule has 0 spiro atoms. The zero-order valence-electron chi connectivity index (χ0n) is 12.6. The molecule has 0 bridgehead atoms. The fraction of sp³-hybridized carbons (Fsp3) is 0.111. The highest BCUT2D eigenvalue weighted by molar-refractivity contribution is 9.10. The van der Waals surface area contributed by atoms with E-state index in [0.717, 1.165) is 20.2 Å². The summed E-state index contributed by atoms with van der Waals surface area (Å²) >= 11 is 6.78. The fourth-order valence-corrected chi connectivity index (χ4v) is 2.85. The highest BCUT2D eigenvalue weighted by Gasteiger charge is 2.09. The van der Waals surface area contributed by atoms with E-state index in [4.69, 9.17) is 4.42 Å². The first kappa shape index (κ1) is 16.9. The lowest BCUT2D eigenvalue weighted by atomic mass is 10.2. The average molecular weight is 450 g/mol. The molecule has 4 nitrogen and oxygen atoms in total. The molecule has 1 heterocycles. The highest BCUT2D eigenvalue weighted by atomic mass is 79.9. The number of nitrogens with zero attached hydrogens (tertiary/aromatic N) is 1. The Morgan fingerprint density at radius 1 is 1.08 bits per heavy atom. The minimum Gasteiger partial charge on any atom is -0.441 e. The van der Waals surface area contributed by atoms with Gasteiger partial charge in [-0.15, -0.1) is 0 Å². The largest absolute Gasteiger partial charge is 0.441 e. The topological polar surface area (TPSA) is 55.1 Å². The van der Waals surface area contributed by atoms with Crippen LogP contribution in [0.15, 0.2) is 68.1 Å². The van der Waals surface area contributed by atoms with Gasteiger partial charge in [-0.05, 0) is 30.3 Å². The Morgan fingerprint density at radius 3 is 2.62 bits per heavy atom. The van der Waals surface area contributed by atoms with E-state index >= 15 is 0 Å². The maximum absolute atomic E-state index is 12.0. The van der Waals surface area contributed by atoms with Gasteiger partial charge in [-0.3, -0.25) is 4.79 Å². The number of amides is 1. The van der Waals surface area contributed by atoms with E-state index in [2.05, 4.69) is 42.2 Å². The van der Waals surface area contributed by atoms with Gasteiger partial charge < -0.3 is 9.73 Å². The van der Waals surface area contributed by atoms with Crippen LogP contribution in [0.5, 0.6) is 0 Å². The number of benzene rings is 2. The van der Waals surface area contributed by atoms with Crippen LogP contribution in [-0.4, -0.2) is 10.9 Å². The van der Waals surface area contributed by atoms with E-state index in [0.29, 0.717) is 24.5 Å². The Balaban J connectivity index is 1.57. The molecule has 0 aliphatic rings. The monoisotopic (exact) mass is 448 g/mol. The number of anilines is 1. The minimum atomic E-state index is -0.0727. The quantitative estimate of drug-likeness (QED) is 0.564. The van der Waals surface area contributed by atoms with E-state index in [1.807, 2.05) is 48.5 Å². The Morgan fingerprint density at radius 2 is 1.88 bits per heavy atom. The second-order valence-electron chi connectivity index (χ2n) is 5.18. The van der Waals surface area contributed by atoms with Gasteiger partial charge in [-0.25, -0.2) is 4.98 Å². The van der Waals surface area contributed by atoms with Gasteiger partial charge in [0.05, 0.1) is 6.20 Å². The number of oxazole rings is 1. The second-order valence-corrected chi connectivity index (χ2v) is 7.02. The number of nitrogens with one attached hydrogen (secondary N) is 1. The van der Waals surface area contributed by atoms with Crippen LogP contribution in [0.25, 0.3) is 11.3 Å². The molecule has 0 aliphatic heterocycles. The van der Waals surface area contributed by atoms with E-state index in [1.165, 1.54) is 0 Å². The molecule has 0 radical (unpaired) electrons. The molecule has 122 valence electrons. The van der Waals surface area contributed by atoms with Crippen LogP contribution in [0.3, 0.4) is 0 Å². The Hall–Kier alpha value is -1.92. The van der Waals surface area contributed by atoms with E-state index in [1.54, 1.807) is 6.20 Å². The van der Waals surface area contributed by atoms with Gasteiger partial charge in [-0.2, -0.15) is 0 Å². The van der Waals surface area contributed by atoms with Gasteiger partial charge in [0.1, 0.15) is 0 Å². The lowest BCUT2D eigenvalue weighted by molar-refractivity contribution is -0.116. The van der Waals surface area contributed by atoms with Crippen molar-refractivity contribution < 1.29 is 9.21 Å². The minimum absolute atomic E-state index is 0.0727. The molecule has 1 amide bonds. The van der Waals surface area contributed by atoms with Gasteiger partial charge >= 0.3 is 0 Å². The average Bonchev–Trinajstić information content (AvgIpc) is 3.03. The third-order valence-electron chi connectivity index (χ3n) is 3.36. The first-order valence-corrected chi connectivity index (χ1v) is 8.95. The highest BCUT2D eigenvalue weighted by Crippen LogP contribution is 2.23. The number of hydrogen-bond donors (Lipinski definition) is 1. The molecule has 1 aromatic heterocycles. The zero-order valence-corrected chi connectivity index (χ0v) is 15.8. The first-order valence-electron chi connectivity index (χ1n) is 7.36. The summed E-state index contributed by atoms with van der Waals surface area (Å²) in [4.78, 5) is 16.3. The fourth-order valence-electron chi connectivity index (χ4n) is 2.18. The number of rotatable bonds is 5. The molecule has 24 heavy (non-hydrogen) atoms. The van der Waals surface area contributed by atoms with Crippen LogP contribution in [0.1, 0.15) is 12.3 Å². The third kappa shape index (κ3) is 4.55. The summed E-state index contributed by atoms with van der Waals surface area (Å²) in [5.41, 5.74) is 1.72. The number of hydrogen-bond acceptors (Lipinski definition) is 3. The molecule has 6 heteroatoms. The first-order chi connectivity index (χ1) is 11.6. The van der Waals surface area contributed by atoms with Crippen molar-refractivity contribution in [2.75, 3.05) is 5.32 Å². The zero-order chi connectivity index (χ0) is 16.9. The summed E-state index contributed by atoms with van der Waals surface area (Å²) in [7, 11) is 0. The predicted octanol–water partition coefficient (Wildman–Crippen LogP) is 5.44.